The van der Waals surface area contributed by atoms with Gasteiger partial charge in [-0.25, -0.2) is 0 Å². The van der Waals surface area contributed by atoms with Crippen molar-refractivity contribution < 1.29 is 14.3 Å². The molecule has 0 saturated heterocycles. The van der Waals surface area contributed by atoms with Crippen molar-refractivity contribution in [1.82, 2.24) is 4.90 Å². The van der Waals surface area contributed by atoms with Crippen molar-refractivity contribution in [2.75, 3.05) is 25.1 Å². The Kier molecular flexibility index (Phi) is 5.26. The molecule has 136 valence electrons. The molecule has 26 heavy (non-hydrogen) atoms. The maximum atomic E-state index is 12.9. The second kappa shape index (κ2) is 7.60. The van der Waals surface area contributed by atoms with Crippen LogP contribution < -0.4 is 9.64 Å². The van der Waals surface area contributed by atoms with Gasteiger partial charge in [-0.3, -0.25) is 14.5 Å². The van der Waals surface area contributed by atoms with Gasteiger partial charge in [-0.15, -0.1) is 0 Å². The summed E-state index contributed by atoms with van der Waals surface area (Å²) >= 11 is 0. The van der Waals surface area contributed by atoms with Crippen LogP contribution in [-0.4, -0.2) is 36.9 Å². The lowest BCUT2D eigenvalue weighted by atomic mass is 10.00. The van der Waals surface area contributed by atoms with Crippen LogP contribution in [-0.2, 0) is 22.6 Å². The van der Waals surface area contributed by atoms with E-state index in [0.29, 0.717) is 24.5 Å². The Bertz CT molecular complexity index is 832. The first kappa shape index (κ1) is 18.0. The molecule has 0 aliphatic carbocycles. The molecule has 5 nitrogen and oxygen atoms in total. The monoisotopic (exact) mass is 352 g/mol. The van der Waals surface area contributed by atoms with Gasteiger partial charge in [-0.1, -0.05) is 30.3 Å². The van der Waals surface area contributed by atoms with Gasteiger partial charge in [0.1, 0.15) is 12.3 Å². The van der Waals surface area contributed by atoms with Crippen LogP contribution in [0.1, 0.15) is 23.6 Å². The van der Waals surface area contributed by atoms with Crippen LogP contribution in [0, 0.1) is 6.92 Å². The van der Waals surface area contributed by atoms with E-state index in [2.05, 4.69) is 12.1 Å². The molecule has 3 rings (SSSR count). The van der Waals surface area contributed by atoms with Crippen molar-refractivity contribution in [3.63, 3.8) is 0 Å². The second-order valence-corrected chi connectivity index (χ2v) is 6.61. The number of aryl methyl sites for hydroxylation is 1. The molecule has 0 N–H and O–H groups in total. The highest BCUT2D eigenvalue weighted by molar-refractivity contribution is 5.98. The average Bonchev–Trinajstić information content (AvgIpc) is 2.65. The number of amides is 2. The van der Waals surface area contributed by atoms with Crippen LogP contribution in [0.4, 0.5) is 5.69 Å². The van der Waals surface area contributed by atoms with Crippen LogP contribution in [0.2, 0.25) is 0 Å². The Morgan fingerprint density at radius 2 is 1.88 bits per heavy atom. The third-order valence-corrected chi connectivity index (χ3v) is 4.78. The van der Waals surface area contributed by atoms with Gasteiger partial charge in [0.15, 0.2) is 0 Å². The Morgan fingerprint density at radius 3 is 2.58 bits per heavy atom. The molecule has 0 saturated carbocycles. The molecule has 1 heterocycles. The molecule has 1 aliphatic heterocycles. The van der Waals surface area contributed by atoms with Gasteiger partial charge in [-0.2, -0.15) is 0 Å². The van der Waals surface area contributed by atoms with Crippen LogP contribution in [0.3, 0.4) is 0 Å². The van der Waals surface area contributed by atoms with Gasteiger partial charge in [0.05, 0.1) is 12.8 Å². The first-order valence-corrected chi connectivity index (χ1v) is 8.77. The molecule has 2 amide bonds. The van der Waals surface area contributed by atoms with Gasteiger partial charge in [0.2, 0.25) is 11.8 Å². The quantitative estimate of drug-likeness (QED) is 0.850. The van der Waals surface area contributed by atoms with Crippen molar-refractivity contribution >= 4 is 17.5 Å². The maximum Gasteiger partial charge on any atom is 0.242 e. The first-order chi connectivity index (χ1) is 12.5. The third-order valence-electron chi connectivity index (χ3n) is 4.78. The number of hydrogen-bond donors (Lipinski definition) is 0. The van der Waals surface area contributed by atoms with Crippen LogP contribution in [0.25, 0.3) is 0 Å². The standard InChI is InChI=1S/C21H24N2O3/c1-15-8-9-20(26-3)19(12-15)23(16(2)24)14-21(25)22-11-10-17-6-4-5-7-18(17)13-22/h4-9,12H,10-11,13-14H2,1-3H3. The molecule has 0 aromatic heterocycles. The summed E-state index contributed by atoms with van der Waals surface area (Å²) in [7, 11) is 1.57. The van der Waals surface area contributed by atoms with Gasteiger partial charge >= 0.3 is 0 Å². The number of ether oxygens (including phenoxy) is 1. The minimum absolute atomic E-state index is 0.0112. The minimum atomic E-state index is -0.181. The maximum absolute atomic E-state index is 12.9. The Morgan fingerprint density at radius 1 is 1.15 bits per heavy atom. The van der Waals surface area contributed by atoms with E-state index in [1.165, 1.54) is 23.0 Å². The number of carbonyl (C=O) groups excluding carboxylic acids is 2. The smallest absolute Gasteiger partial charge is 0.242 e. The second-order valence-electron chi connectivity index (χ2n) is 6.61. The van der Waals surface area contributed by atoms with Gasteiger partial charge in [0, 0.05) is 20.0 Å². The summed E-state index contributed by atoms with van der Waals surface area (Å²) in [6, 6.07) is 13.8. The predicted molar refractivity (Wildman–Crippen MR) is 101 cm³/mol. The number of rotatable bonds is 4. The summed E-state index contributed by atoms with van der Waals surface area (Å²) in [6.45, 7) is 4.70. The Labute approximate surface area is 154 Å². The minimum Gasteiger partial charge on any atom is -0.495 e. The number of anilines is 1. The summed E-state index contributed by atoms with van der Waals surface area (Å²) in [5.41, 5.74) is 4.10. The van der Waals surface area contributed by atoms with E-state index in [9.17, 15) is 9.59 Å². The first-order valence-electron chi connectivity index (χ1n) is 8.77. The molecule has 0 unspecified atom stereocenters. The summed E-state index contributed by atoms with van der Waals surface area (Å²) in [5, 5.41) is 0. The molecule has 0 spiro atoms. The van der Waals surface area contributed by atoms with Crippen molar-refractivity contribution in [2.45, 2.75) is 26.8 Å². The summed E-state index contributed by atoms with van der Waals surface area (Å²) in [5.74, 6) is 0.348. The van der Waals surface area contributed by atoms with Gasteiger partial charge < -0.3 is 9.64 Å². The van der Waals surface area contributed by atoms with Crippen molar-refractivity contribution in [3.8, 4) is 5.75 Å². The highest BCUT2D eigenvalue weighted by Crippen LogP contribution is 2.30. The van der Waals surface area contributed by atoms with Crippen LogP contribution >= 0.6 is 0 Å². The molecular weight excluding hydrogens is 328 g/mol. The van der Waals surface area contributed by atoms with Crippen molar-refractivity contribution in [2.24, 2.45) is 0 Å². The van der Waals surface area contributed by atoms with E-state index in [1.807, 2.05) is 42.2 Å². The summed E-state index contributed by atoms with van der Waals surface area (Å²) in [4.78, 5) is 28.4. The summed E-state index contributed by atoms with van der Waals surface area (Å²) < 4.78 is 5.39. The average molecular weight is 352 g/mol. The van der Waals surface area contributed by atoms with Crippen LogP contribution in [0.15, 0.2) is 42.5 Å². The largest absolute Gasteiger partial charge is 0.495 e. The molecule has 0 fully saturated rings. The topological polar surface area (TPSA) is 49.9 Å². The van der Waals surface area contributed by atoms with Crippen molar-refractivity contribution in [3.05, 3.63) is 59.2 Å². The fourth-order valence-electron chi connectivity index (χ4n) is 3.32. The van der Waals surface area contributed by atoms with E-state index in [4.69, 9.17) is 4.74 Å². The predicted octanol–water partition coefficient (Wildman–Crippen LogP) is 2.94. The molecule has 0 radical (unpaired) electrons. The zero-order valence-corrected chi connectivity index (χ0v) is 15.5. The number of hydrogen-bond acceptors (Lipinski definition) is 3. The molecule has 0 bridgehead atoms. The number of fused-ring (bicyclic) bond motifs is 1. The fourth-order valence-corrected chi connectivity index (χ4v) is 3.32. The van der Waals surface area contributed by atoms with E-state index in [-0.39, 0.29) is 18.4 Å². The zero-order chi connectivity index (χ0) is 18.7. The zero-order valence-electron chi connectivity index (χ0n) is 15.5. The number of methoxy groups -OCH3 is 1. The molecular formula is C21H24N2O3. The molecule has 2 aromatic rings. The van der Waals surface area contributed by atoms with Gasteiger partial charge in [-0.05, 0) is 42.2 Å². The Balaban J connectivity index is 1.80. The lowest BCUT2D eigenvalue weighted by Gasteiger charge is -2.31. The van der Waals surface area contributed by atoms with E-state index in [1.54, 1.807) is 7.11 Å². The highest BCUT2D eigenvalue weighted by Gasteiger charge is 2.25. The molecule has 2 aromatic carbocycles. The third kappa shape index (κ3) is 3.72. The lowest BCUT2D eigenvalue weighted by Crippen LogP contribution is -2.44. The lowest BCUT2D eigenvalue weighted by molar-refractivity contribution is -0.132. The van der Waals surface area contributed by atoms with E-state index in [0.717, 1.165) is 12.0 Å². The number of carbonyl (C=O) groups is 2. The number of benzene rings is 2. The Hall–Kier alpha value is -2.82. The highest BCUT2D eigenvalue weighted by atomic mass is 16.5. The normalized spacial score (nSPS) is 13.1. The SMILES string of the molecule is COc1ccc(C)cc1N(CC(=O)N1CCc2ccccc2C1)C(C)=O. The van der Waals surface area contributed by atoms with Gasteiger partial charge in [0.25, 0.3) is 0 Å². The van der Waals surface area contributed by atoms with Crippen LogP contribution in [0.5, 0.6) is 5.75 Å². The molecule has 1 aliphatic rings. The fraction of sp³-hybridized carbons (Fsp3) is 0.333. The van der Waals surface area contributed by atoms with Crippen molar-refractivity contribution in [1.29, 1.82) is 0 Å². The van der Waals surface area contributed by atoms with E-state index < -0.39 is 0 Å². The molecule has 0 atom stereocenters. The van der Waals surface area contributed by atoms with E-state index >= 15 is 0 Å². The molecule has 5 heteroatoms. The number of nitrogens with zero attached hydrogens (tertiary/aromatic N) is 2. The summed E-state index contributed by atoms with van der Waals surface area (Å²) in [6.07, 6.45) is 0.843.